The summed E-state index contributed by atoms with van der Waals surface area (Å²) in [7, 11) is 0. The predicted molar refractivity (Wildman–Crippen MR) is 120 cm³/mol. The number of hydrazone groups is 1. The van der Waals surface area contributed by atoms with E-state index in [0.717, 1.165) is 31.3 Å². The van der Waals surface area contributed by atoms with Crippen LogP contribution in [0.1, 0.15) is 31.4 Å². The van der Waals surface area contributed by atoms with E-state index in [0.29, 0.717) is 19.0 Å². The van der Waals surface area contributed by atoms with Crippen molar-refractivity contribution in [1.29, 1.82) is 0 Å². The zero-order valence-corrected chi connectivity index (χ0v) is 19.0. The Kier molecular flexibility index (Phi) is 9.06. The topological polar surface area (TPSA) is 59.9 Å². The second kappa shape index (κ2) is 11.3. The molecule has 0 unspecified atom stereocenters. The normalized spacial score (nSPS) is 10.8. The van der Waals surface area contributed by atoms with Gasteiger partial charge in [-0.25, -0.2) is 5.43 Å². The molecule has 0 aliphatic rings. The maximum absolute atomic E-state index is 12.0. The average molecular weight is 545 g/mol. The van der Waals surface area contributed by atoms with Gasteiger partial charge >= 0.3 is 0 Å². The molecule has 0 aromatic heterocycles. The molecule has 5 nitrogen and oxygen atoms in total. The highest BCUT2D eigenvalue weighted by Crippen LogP contribution is 2.34. The van der Waals surface area contributed by atoms with Gasteiger partial charge in [0.15, 0.2) is 11.5 Å². The molecule has 2 aromatic rings. The summed E-state index contributed by atoms with van der Waals surface area (Å²) in [6, 6.07) is 11.4. The first kappa shape index (κ1) is 21.7. The number of hydrogen-bond donors (Lipinski definition) is 1. The minimum absolute atomic E-state index is 0.170. The SMILES string of the molecule is CCCOc1c(I)cc(/C=N\NC(=O)Cc2ccc(Br)cc2)cc1OCC. The number of amides is 1. The molecule has 144 valence electrons. The minimum atomic E-state index is -0.170. The Morgan fingerprint density at radius 1 is 1.22 bits per heavy atom. The number of benzene rings is 2. The van der Waals surface area contributed by atoms with Gasteiger partial charge in [-0.2, -0.15) is 5.10 Å². The van der Waals surface area contributed by atoms with Crippen molar-refractivity contribution in [3.8, 4) is 11.5 Å². The number of carbonyl (C=O) groups is 1. The van der Waals surface area contributed by atoms with Crippen molar-refractivity contribution in [3.63, 3.8) is 0 Å². The van der Waals surface area contributed by atoms with Gasteiger partial charge in [-0.05, 0) is 71.3 Å². The first-order chi connectivity index (χ1) is 13.0. The van der Waals surface area contributed by atoms with Crippen LogP contribution in [0.3, 0.4) is 0 Å². The standard InChI is InChI=1S/C20H22BrIN2O3/c1-3-9-27-20-17(22)10-15(11-18(20)26-4-2)13-23-24-19(25)12-14-5-7-16(21)8-6-14/h5-8,10-11,13H,3-4,9,12H2,1-2H3,(H,24,25)/b23-13-. The molecule has 7 heteroatoms. The molecule has 1 amide bonds. The van der Waals surface area contributed by atoms with Gasteiger partial charge in [0, 0.05) is 4.47 Å². The Labute approximate surface area is 181 Å². The summed E-state index contributed by atoms with van der Waals surface area (Å²) in [5, 5.41) is 4.06. The molecule has 0 fully saturated rings. The number of nitrogens with zero attached hydrogens (tertiary/aromatic N) is 1. The van der Waals surface area contributed by atoms with Crippen LogP contribution in [0.25, 0.3) is 0 Å². The van der Waals surface area contributed by atoms with Crippen LogP contribution in [-0.4, -0.2) is 25.3 Å². The predicted octanol–water partition coefficient (Wildman–Crippen LogP) is 4.93. The Bertz CT molecular complexity index is 795. The lowest BCUT2D eigenvalue weighted by molar-refractivity contribution is -0.120. The fourth-order valence-corrected chi connectivity index (χ4v) is 3.32. The lowest BCUT2D eigenvalue weighted by Crippen LogP contribution is -2.19. The second-order valence-electron chi connectivity index (χ2n) is 5.71. The molecule has 0 atom stereocenters. The molecule has 0 aliphatic carbocycles. The number of halogens is 2. The highest BCUT2D eigenvalue weighted by molar-refractivity contribution is 14.1. The molecular weight excluding hydrogens is 523 g/mol. The third kappa shape index (κ3) is 7.14. The first-order valence-electron chi connectivity index (χ1n) is 8.69. The van der Waals surface area contributed by atoms with Crippen LogP contribution in [0.2, 0.25) is 0 Å². The zero-order valence-electron chi connectivity index (χ0n) is 15.3. The van der Waals surface area contributed by atoms with Gasteiger partial charge in [-0.1, -0.05) is 35.0 Å². The number of rotatable bonds is 9. The summed E-state index contributed by atoms with van der Waals surface area (Å²) in [5.74, 6) is 1.26. The molecule has 0 spiro atoms. The summed E-state index contributed by atoms with van der Waals surface area (Å²) >= 11 is 5.59. The zero-order chi connectivity index (χ0) is 19.6. The molecular formula is C20H22BrIN2O3. The van der Waals surface area contributed by atoms with E-state index in [9.17, 15) is 4.79 Å². The number of ether oxygens (including phenoxy) is 2. The van der Waals surface area contributed by atoms with Crippen LogP contribution in [0.15, 0.2) is 46.0 Å². The van der Waals surface area contributed by atoms with Gasteiger partial charge in [-0.3, -0.25) is 4.79 Å². The maximum Gasteiger partial charge on any atom is 0.244 e. The Morgan fingerprint density at radius 3 is 2.63 bits per heavy atom. The van der Waals surface area contributed by atoms with Gasteiger partial charge < -0.3 is 9.47 Å². The smallest absolute Gasteiger partial charge is 0.244 e. The molecule has 0 radical (unpaired) electrons. The highest BCUT2D eigenvalue weighted by Gasteiger charge is 2.11. The third-order valence-electron chi connectivity index (χ3n) is 3.46. The molecule has 27 heavy (non-hydrogen) atoms. The lowest BCUT2D eigenvalue weighted by Gasteiger charge is -2.14. The van der Waals surface area contributed by atoms with Crippen LogP contribution in [-0.2, 0) is 11.2 Å². The molecule has 2 aromatic carbocycles. The second-order valence-corrected chi connectivity index (χ2v) is 7.79. The molecule has 1 N–H and O–H groups in total. The maximum atomic E-state index is 12.0. The average Bonchev–Trinajstić information content (AvgIpc) is 2.63. The van der Waals surface area contributed by atoms with Gasteiger partial charge in [-0.15, -0.1) is 0 Å². The van der Waals surface area contributed by atoms with E-state index >= 15 is 0 Å². The van der Waals surface area contributed by atoms with E-state index in [-0.39, 0.29) is 12.3 Å². The molecule has 0 heterocycles. The third-order valence-corrected chi connectivity index (χ3v) is 4.79. The minimum Gasteiger partial charge on any atom is -0.490 e. The van der Waals surface area contributed by atoms with E-state index in [4.69, 9.17) is 9.47 Å². The molecule has 0 saturated carbocycles. The number of hydrogen-bond acceptors (Lipinski definition) is 4. The number of carbonyl (C=O) groups excluding carboxylic acids is 1. The van der Waals surface area contributed by atoms with Crippen molar-refractivity contribution < 1.29 is 14.3 Å². The molecule has 0 saturated heterocycles. The van der Waals surface area contributed by atoms with Crippen LogP contribution in [0.5, 0.6) is 11.5 Å². The van der Waals surface area contributed by atoms with Gasteiger partial charge in [0.2, 0.25) is 5.91 Å². The summed E-state index contributed by atoms with van der Waals surface area (Å²) in [4.78, 5) is 12.0. The summed E-state index contributed by atoms with van der Waals surface area (Å²) in [6.07, 6.45) is 2.80. The Balaban J connectivity index is 2.02. The van der Waals surface area contributed by atoms with Crippen molar-refractivity contribution >= 4 is 50.6 Å². The van der Waals surface area contributed by atoms with Crippen molar-refractivity contribution in [3.05, 3.63) is 55.6 Å². The summed E-state index contributed by atoms with van der Waals surface area (Å²) in [5.41, 5.74) is 4.31. The quantitative estimate of drug-likeness (QED) is 0.276. The Hall–Kier alpha value is -1.61. The fourth-order valence-electron chi connectivity index (χ4n) is 2.28. The van der Waals surface area contributed by atoms with Crippen molar-refractivity contribution in [2.24, 2.45) is 5.10 Å². The van der Waals surface area contributed by atoms with Gasteiger partial charge in [0.05, 0.1) is 29.4 Å². The largest absolute Gasteiger partial charge is 0.490 e. The van der Waals surface area contributed by atoms with Crippen molar-refractivity contribution in [2.75, 3.05) is 13.2 Å². The van der Waals surface area contributed by atoms with Gasteiger partial charge in [0.25, 0.3) is 0 Å². The van der Waals surface area contributed by atoms with Crippen LogP contribution < -0.4 is 14.9 Å². The van der Waals surface area contributed by atoms with E-state index in [2.05, 4.69) is 56.0 Å². The fraction of sp³-hybridized carbons (Fsp3) is 0.300. The van der Waals surface area contributed by atoms with Gasteiger partial charge in [0.1, 0.15) is 0 Å². The van der Waals surface area contributed by atoms with E-state index < -0.39 is 0 Å². The van der Waals surface area contributed by atoms with Crippen LogP contribution >= 0.6 is 38.5 Å². The molecule has 0 bridgehead atoms. The molecule has 0 aliphatic heterocycles. The summed E-state index contributed by atoms with van der Waals surface area (Å²) < 4.78 is 13.4. The molecule has 2 rings (SSSR count). The van der Waals surface area contributed by atoms with Crippen LogP contribution in [0, 0.1) is 3.57 Å². The van der Waals surface area contributed by atoms with Crippen molar-refractivity contribution in [2.45, 2.75) is 26.7 Å². The van der Waals surface area contributed by atoms with E-state index in [1.807, 2.05) is 43.3 Å². The van der Waals surface area contributed by atoms with E-state index in [1.165, 1.54) is 0 Å². The first-order valence-corrected chi connectivity index (χ1v) is 10.6. The van der Waals surface area contributed by atoms with Crippen LogP contribution in [0.4, 0.5) is 0 Å². The lowest BCUT2D eigenvalue weighted by atomic mass is 10.1. The summed E-state index contributed by atoms with van der Waals surface area (Å²) in [6.45, 7) is 5.17. The highest BCUT2D eigenvalue weighted by atomic mass is 127. The van der Waals surface area contributed by atoms with E-state index in [1.54, 1.807) is 6.21 Å². The number of nitrogens with one attached hydrogen (secondary N) is 1. The monoisotopic (exact) mass is 544 g/mol. The van der Waals surface area contributed by atoms with Crippen molar-refractivity contribution in [1.82, 2.24) is 5.43 Å². The Morgan fingerprint density at radius 2 is 1.96 bits per heavy atom.